The molecule has 0 radical (unpaired) electrons. The van der Waals surface area contributed by atoms with Crippen LogP contribution >= 0.6 is 11.8 Å². The van der Waals surface area contributed by atoms with Crippen LogP contribution in [-0.2, 0) is 5.41 Å². The number of thioether (sulfide) groups is 1. The van der Waals surface area contributed by atoms with Crippen molar-refractivity contribution in [2.75, 3.05) is 0 Å². The van der Waals surface area contributed by atoms with Crippen molar-refractivity contribution < 1.29 is 0 Å². The van der Waals surface area contributed by atoms with E-state index < -0.39 is 0 Å². The van der Waals surface area contributed by atoms with E-state index in [1.165, 1.54) is 23.3 Å². The summed E-state index contributed by atoms with van der Waals surface area (Å²) in [6.07, 6.45) is 2.37. The molecule has 0 nitrogen and oxygen atoms in total. The summed E-state index contributed by atoms with van der Waals surface area (Å²) in [7, 11) is 0. The fourth-order valence-electron chi connectivity index (χ4n) is 1.57. The van der Waals surface area contributed by atoms with Crippen LogP contribution in [-0.4, -0.2) is 4.75 Å². The average Bonchev–Trinajstić information content (AvgIpc) is 2.29. The van der Waals surface area contributed by atoms with Gasteiger partial charge < -0.3 is 0 Å². The maximum Gasteiger partial charge on any atom is 0.0148 e. The zero-order valence-corrected chi connectivity index (χ0v) is 12.9. The first-order valence-corrected chi connectivity index (χ1v) is 7.42. The van der Waals surface area contributed by atoms with E-state index in [1.54, 1.807) is 0 Å². The second kappa shape index (κ2) is 5.48. The Morgan fingerprint density at radius 1 is 0.882 bits per heavy atom. The van der Waals surface area contributed by atoms with E-state index in [0.717, 1.165) is 0 Å². The van der Waals surface area contributed by atoms with E-state index in [-0.39, 0.29) is 0 Å². The van der Waals surface area contributed by atoms with Crippen molar-refractivity contribution in [1.82, 2.24) is 0 Å². The maximum absolute atomic E-state index is 2.31. The maximum atomic E-state index is 2.31. The van der Waals surface area contributed by atoms with Crippen LogP contribution in [0.1, 0.15) is 59.9 Å². The summed E-state index contributed by atoms with van der Waals surface area (Å²) >= 11 is 1.97. The highest BCUT2D eigenvalue weighted by atomic mass is 32.2. The van der Waals surface area contributed by atoms with Crippen LogP contribution in [0.5, 0.6) is 0 Å². The topological polar surface area (TPSA) is 0 Å². The molecule has 0 heterocycles. The lowest BCUT2D eigenvalue weighted by Crippen LogP contribution is -2.15. The van der Waals surface area contributed by atoms with Gasteiger partial charge in [-0.1, -0.05) is 53.7 Å². The first-order valence-electron chi connectivity index (χ1n) is 6.60. The number of hydrogen-bond donors (Lipinski definition) is 0. The van der Waals surface area contributed by atoms with Gasteiger partial charge in [-0.15, -0.1) is 11.8 Å². The fourth-order valence-corrected chi connectivity index (χ4v) is 2.62. The van der Waals surface area contributed by atoms with Crippen molar-refractivity contribution in [2.45, 2.75) is 69.4 Å². The molecule has 0 amide bonds. The minimum absolute atomic E-state index is 0.295. The van der Waals surface area contributed by atoms with Crippen molar-refractivity contribution in [2.24, 2.45) is 0 Å². The summed E-state index contributed by atoms with van der Waals surface area (Å²) in [5, 5.41) is 0. The Morgan fingerprint density at radius 2 is 1.41 bits per heavy atom. The van der Waals surface area contributed by atoms with Crippen LogP contribution in [0.3, 0.4) is 0 Å². The Morgan fingerprint density at radius 3 is 1.82 bits per heavy atom. The summed E-state index contributed by atoms with van der Waals surface area (Å²) in [5.74, 6) is 0. The van der Waals surface area contributed by atoms with Gasteiger partial charge >= 0.3 is 0 Å². The normalized spacial score (nSPS) is 12.8. The van der Waals surface area contributed by atoms with Crippen molar-refractivity contribution in [3.05, 3.63) is 29.8 Å². The summed E-state index contributed by atoms with van der Waals surface area (Å²) in [6, 6.07) is 9.12. The van der Waals surface area contributed by atoms with E-state index in [4.69, 9.17) is 0 Å². The van der Waals surface area contributed by atoms with Crippen molar-refractivity contribution >= 4 is 11.8 Å². The lowest BCUT2D eigenvalue weighted by atomic mass is 9.82. The molecule has 0 atom stereocenters. The summed E-state index contributed by atoms with van der Waals surface area (Å²) in [4.78, 5) is 1.38. The summed E-state index contributed by atoms with van der Waals surface area (Å²) in [5.41, 5.74) is 1.74. The third kappa shape index (κ3) is 4.06. The van der Waals surface area contributed by atoms with E-state index in [2.05, 4.69) is 65.8 Å². The highest BCUT2D eigenvalue weighted by Gasteiger charge is 2.19. The zero-order valence-electron chi connectivity index (χ0n) is 12.1. The van der Waals surface area contributed by atoms with Gasteiger partial charge in [0.2, 0.25) is 0 Å². The molecule has 0 N–H and O–H groups in total. The quantitative estimate of drug-likeness (QED) is 0.608. The zero-order chi connectivity index (χ0) is 13.1. The molecule has 0 fully saturated rings. The van der Waals surface area contributed by atoms with E-state index >= 15 is 0 Å². The largest absolute Gasteiger partial charge is 0.120 e. The summed E-state index contributed by atoms with van der Waals surface area (Å²) in [6.45, 7) is 13.7. The molecule has 0 saturated heterocycles. The molecule has 0 bridgehead atoms. The average molecular weight is 250 g/mol. The third-order valence-corrected chi connectivity index (χ3v) is 5.11. The van der Waals surface area contributed by atoms with Gasteiger partial charge in [0.05, 0.1) is 0 Å². The Bertz CT molecular complexity index is 346. The van der Waals surface area contributed by atoms with Gasteiger partial charge in [0.1, 0.15) is 0 Å². The first kappa shape index (κ1) is 14.6. The van der Waals surface area contributed by atoms with Crippen LogP contribution in [0.2, 0.25) is 0 Å². The second-order valence-corrected chi connectivity index (χ2v) is 7.76. The van der Waals surface area contributed by atoms with Gasteiger partial charge in [-0.2, -0.15) is 0 Å². The summed E-state index contributed by atoms with van der Waals surface area (Å²) < 4.78 is 0.335. The van der Waals surface area contributed by atoms with Crippen LogP contribution in [0.15, 0.2) is 29.2 Å². The van der Waals surface area contributed by atoms with Gasteiger partial charge in [-0.05, 0) is 36.0 Å². The molecule has 1 aromatic rings. The molecule has 0 aromatic heterocycles. The van der Waals surface area contributed by atoms with Crippen molar-refractivity contribution in [3.8, 4) is 0 Å². The highest BCUT2D eigenvalue weighted by molar-refractivity contribution is 8.00. The molecule has 0 aliphatic rings. The SMILES string of the molecule is CCC(C)(C)Sc1ccc(C(C)(C)CC)cc1. The second-order valence-electron chi connectivity index (χ2n) is 5.98. The van der Waals surface area contributed by atoms with Crippen LogP contribution < -0.4 is 0 Å². The molecular weight excluding hydrogens is 224 g/mol. The molecule has 0 saturated carbocycles. The van der Waals surface area contributed by atoms with Crippen LogP contribution in [0, 0.1) is 0 Å². The third-order valence-electron chi connectivity index (χ3n) is 3.77. The highest BCUT2D eigenvalue weighted by Crippen LogP contribution is 2.36. The minimum atomic E-state index is 0.295. The molecular formula is C16H26S. The molecule has 0 aliphatic carbocycles. The number of benzene rings is 1. The van der Waals surface area contributed by atoms with E-state index in [0.29, 0.717) is 10.2 Å². The molecule has 0 unspecified atom stereocenters. The van der Waals surface area contributed by atoms with Crippen LogP contribution in [0.4, 0.5) is 0 Å². The monoisotopic (exact) mass is 250 g/mol. The Balaban J connectivity index is 2.82. The van der Waals surface area contributed by atoms with E-state index in [9.17, 15) is 0 Å². The smallest absolute Gasteiger partial charge is 0.0148 e. The van der Waals surface area contributed by atoms with Gasteiger partial charge in [0, 0.05) is 9.64 Å². The fraction of sp³-hybridized carbons (Fsp3) is 0.625. The Hall–Kier alpha value is -0.430. The number of rotatable bonds is 5. The van der Waals surface area contributed by atoms with Gasteiger partial charge in [-0.3, -0.25) is 0 Å². The lowest BCUT2D eigenvalue weighted by molar-refractivity contribution is 0.506. The van der Waals surface area contributed by atoms with Crippen molar-refractivity contribution in [3.63, 3.8) is 0 Å². The molecule has 1 heteroatoms. The Labute approximate surface area is 111 Å². The first-order chi connectivity index (χ1) is 7.80. The molecule has 96 valence electrons. The van der Waals surface area contributed by atoms with E-state index in [1.807, 2.05) is 11.8 Å². The molecule has 1 rings (SSSR count). The van der Waals surface area contributed by atoms with Crippen molar-refractivity contribution in [1.29, 1.82) is 0 Å². The van der Waals surface area contributed by atoms with Gasteiger partial charge in [0.15, 0.2) is 0 Å². The van der Waals surface area contributed by atoms with Gasteiger partial charge in [-0.25, -0.2) is 0 Å². The predicted molar refractivity (Wildman–Crippen MR) is 80.0 cm³/mol. The number of hydrogen-bond acceptors (Lipinski definition) is 1. The Kier molecular flexibility index (Phi) is 4.71. The van der Waals surface area contributed by atoms with Gasteiger partial charge in [0.25, 0.3) is 0 Å². The minimum Gasteiger partial charge on any atom is -0.120 e. The van der Waals surface area contributed by atoms with Crippen LogP contribution in [0.25, 0.3) is 0 Å². The molecule has 17 heavy (non-hydrogen) atoms. The predicted octanol–water partition coefficient (Wildman–Crippen LogP) is 5.65. The molecule has 0 aliphatic heterocycles. The standard InChI is InChI=1S/C16H26S/c1-7-15(3,4)13-9-11-14(12-10-13)17-16(5,6)8-2/h9-12H,7-8H2,1-6H3. The molecule has 1 aromatic carbocycles. The molecule has 0 spiro atoms. The lowest BCUT2D eigenvalue weighted by Gasteiger charge is -2.25.